The molecule has 5 rings (SSSR count). The molecular formula is C25H27ClN8O2. The molecule has 0 saturated carbocycles. The first-order chi connectivity index (χ1) is 17.7. The van der Waals surface area contributed by atoms with E-state index in [1.807, 2.05) is 48.5 Å². The minimum atomic E-state index is 0.462. The fourth-order valence-corrected chi connectivity index (χ4v) is 4.02. The summed E-state index contributed by atoms with van der Waals surface area (Å²) in [5.74, 6) is 2.35. The lowest BCUT2D eigenvalue weighted by molar-refractivity contribution is 0.122. The van der Waals surface area contributed by atoms with Crippen LogP contribution in [0.3, 0.4) is 0 Å². The van der Waals surface area contributed by atoms with Crippen molar-refractivity contribution in [2.45, 2.75) is 0 Å². The lowest BCUT2D eigenvalue weighted by Gasteiger charge is -2.27. The zero-order valence-corrected chi connectivity index (χ0v) is 20.6. The molecule has 0 atom stereocenters. The van der Waals surface area contributed by atoms with Gasteiger partial charge in [0.2, 0.25) is 17.8 Å². The van der Waals surface area contributed by atoms with E-state index in [0.717, 1.165) is 41.1 Å². The number of aromatic nitrogens is 4. The molecule has 0 amide bonds. The molecule has 0 bridgehead atoms. The van der Waals surface area contributed by atoms with Gasteiger partial charge in [-0.25, -0.2) is 0 Å². The maximum atomic E-state index is 6.10. The van der Waals surface area contributed by atoms with Crippen molar-refractivity contribution in [1.82, 2.24) is 19.9 Å². The van der Waals surface area contributed by atoms with Crippen LogP contribution in [-0.2, 0) is 4.74 Å². The molecule has 0 radical (unpaired) electrons. The number of anilines is 5. The number of pyridine rings is 1. The fraction of sp³-hybridized carbons (Fsp3) is 0.280. The number of methoxy groups -OCH3 is 1. The van der Waals surface area contributed by atoms with Gasteiger partial charge in [-0.2, -0.15) is 15.0 Å². The molecule has 4 aromatic rings. The summed E-state index contributed by atoms with van der Waals surface area (Å²) in [6.07, 6.45) is 1.77. The van der Waals surface area contributed by atoms with E-state index < -0.39 is 0 Å². The summed E-state index contributed by atoms with van der Waals surface area (Å²) in [6.45, 7) is 4.00. The van der Waals surface area contributed by atoms with Gasteiger partial charge in [0.25, 0.3) is 0 Å². The number of morpholine rings is 1. The van der Waals surface area contributed by atoms with Crippen molar-refractivity contribution < 1.29 is 9.47 Å². The highest BCUT2D eigenvalue weighted by Gasteiger charge is 2.17. The number of ether oxygens (including phenoxy) is 2. The van der Waals surface area contributed by atoms with Crippen molar-refractivity contribution in [3.63, 3.8) is 0 Å². The highest BCUT2D eigenvalue weighted by atomic mass is 35.5. The molecule has 2 aromatic heterocycles. The van der Waals surface area contributed by atoms with Crippen molar-refractivity contribution in [1.29, 1.82) is 0 Å². The van der Waals surface area contributed by atoms with Crippen LogP contribution in [0.5, 0.6) is 5.75 Å². The molecule has 186 valence electrons. The molecule has 36 heavy (non-hydrogen) atoms. The standard InChI is InChI=1S/C25H27ClN8O2/c1-35-19-5-3-18(4-6-19)30-24-31-23(32-25(33-24)34-12-14-36-15-13-34)29-11-10-28-21-8-9-27-22-16-17(26)2-7-20(21)22/h2-9,16H,10-15H2,1H3,(H,27,28)(H2,29,30,31,32,33). The lowest BCUT2D eigenvalue weighted by atomic mass is 10.2. The number of nitrogens with zero attached hydrogens (tertiary/aromatic N) is 5. The van der Waals surface area contributed by atoms with Crippen molar-refractivity contribution in [2.75, 3.05) is 67.4 Å². The second kappa shape index (κ2) is 11.2. The Hall–Kier alpha value is -3.89. The number of halogens is 1. The number of rotatable bonds is 9. The SMILES string of the molecule is COc1ccc(Nc2nc(NCCNc3ccnc4cc(Cl)ccc34)nc(N3CCOCC3)n2)cc1. The van der Waals surface area contributed by atoms with Gasteiger partial charge in [0.1, 0.15) is 5.75 Å². The first-order valence-corrected chi connectivity index (χ1v) is 12.1. The number of nitrogens with one attached hydrogen (secondary N) is 3. The maximum Gasteiger partial charge on any atom is 0.233 e. The summed E-state index contributed by atoms with van der Waals surface area (Å²) in [7, 11) is 1.64. The normalized spacial score (nSPS) is 13.4. The van der Waals surface area contributed by atoms with E-state index in [2.05, 4.69) is 40.8 Å². The number of hydrogen-bond donors (Lipinski definition) is 3. The summed E-state index contributed by atoms with van der Waals surface area (Å²) >= 11 is 6.10. The van der Waals surface area contributed by atoms with Gasteiger partial charge < -0.3 is 30.3 Å². The maximum absolute atomic E-state index is 6.10. The molecule has 3 N–H and O–H groups in total. The van der Waals surface area contributed by atoms with Gasteiger partial charge in [-0.05, 0) is 48.5 Å². The van der Waals surface area contributed by atoms with E-state index >= 15 is 0 Å². The predicted molar refractivity (Wildman–Crippen MR) is 143 cm³/mol. The predicted octanol–water partition coefficient (Wildman–Crippen LogP) is 4.19. The van der Waals surface area contributed by atoms with Gasteiger partial charge in [0.15, 0.2) is 0 Å². The third kappa shape index (κ3) is 5.84. The molecular weight excluding hydrogens is 480 g/mol. The third-order valence-electron chi connectivity index (χ3n) is 5.69. The van der Waals surface area contributed by atoms with Crippen molar-refractivity contribution in [2.24, 2.45) is 0 Å². The highest BCUT2D eigenvalue weighted by molar-refractivity contribution is 6.31. The van der Waals surface area contributed by atoms with Crippen LogP contribution in [0, 0.1) is 0 Å². The zero-order valence-electron chi connectivity index (χ0n) is 19.9. The monoisotopic (exact) mass is 506 g/mol. The van der Waals surface area contributed by atoms with E-state index in [1.165, 1.54) is 0 Å². The lowest BCUT2D eigenvalue weighted by Crippen LogP contribution is -2.37. The molecule has 0 aliphatic carbocycles. The molecule has 0 spiro atoms. The number of benzene rings is 2. The Morgan fingerprint density at radius 2 is 1.72 bits per heavy atom. The van der Waals surface area contributed by atoms with Gasteiger partial charge >= 0.3 is 0 Å². The van der Waals surface area contributed by atoms with Crippen LogP contribution in [-0.4, -0.2) is 66.4 Å². The largest absolute Gasteiger partial charge is 0.497 e. The summed E-state index contributed by atoms with van der Waals surface area (Å²) in [4.78, 5) is 20.4. The Morgan fingerprint density at radius 3 is 2.53 bits per heavy atom. The van der Waals surface area contributed by atoms with Crippen LogP contribution in [0.4, 0.5) is 29.2 Å². The molecule has 1 saturated heterocycles. The fourth-order valence-electron chi connectivity index (χ4n) is 3.85. The van der Waals surface area contributed by atoms with E-state index in [4.69, 9.17) is 21.1 Å². The second-order valence-corrected chi connectivity index (χ2v) is 8.55. The summed E-state index contributed by atoms with van der Waals surface area (Å²) < 4.78 is 10.7. The average molecular weight is 507 g/mol. The van der Waals surface area contributed by atoms with Crippen molar-refractivity contribution in [3.05, 3.63) is 59.8 Å². The topological polar surface area (TPSA) is 109 Å². The summed E-state index contributed by atoms with van der Waals surface area (Å²) in [5.41, 5.74) is 2.69. The van der Waals surface area contributed by atoms with Gasteiger partial charge in [0.05, 0.1) is 25.8 Å². The van der Waals surface area contributed by atoms with Crippen LogP contribution < -0.4 is 25.6 Å². The van der Waals surface area contributed by atoms with Crippen LogP contribution in [0.15, 0.2) is 54.7 Å². The quantitative estimate of drug-likeness (QED) is 0.286. The average Bonchev–Trinajstić information content (AvgIpc) is 2.92. The second-order valence-electron chi connectivity index (χ2n) is 8.11. The molecule has 3 heterocycles. The zero-order chi connectivity index (χ0) is 24.7. The van der Waals surface area contributed by atoms with E-state index in [9.17, 15) is 0 Å². The Labute approximate surface area is 214 Å². The number of fused-ring (bicyclic) bond motifs is 1. The third-order valence-corrected chi connectivity index (χ3v) is 5.93. The van der Waals surface area contributed by atoms with Gasteiger partial charge in [-0.15, -0.1) is 0 Å². The Morgan fingerprint density at radius 1 is 0.944 bits per heavy atom. The van der Waals surface area contributed by atoms with Gasteiger partial charge in [-0.3, -0.25) is 4.98 Å². The van der Waals surface area contributed by atoms with Crippen molar-refractivity contribution in [3.8, 4) is 5.75 Å². The Kier molecular flexibility index (Phi) is 7.44. The van der Waals surface area contributed by atoms with Crippen LogP contribution in [0.2, 0.25) is 5.02 Å². The summed E-state index contributed by atoms with van der Waals surface area (Å²) in [5, 5.41) is 11.7. The van der Waals surface area contributed by atoms with Crippen LogP contribution in [0.1, 0.15) is 0 Å². The molecule has 11 heteroatoms. The van der Waals surface area contributed by atoms with Gasteiger partial charge in [-0.1, -0.05) is 11.6 Å². The number of hydrogen-bond acceptors (Lipinski definition) is 10. The van der Waals surface area contributed by atoms with Gasteiger partial charge in [0, 0.05) is 54.2 Å². The molecule has 2 aromatic carbocycles. The minimum absolute atomic E-state index is 0.462. The van der Waals surface area contributed by atoms with Crippen LogP contribution in [0.25, 0.3) is 10.9 Å². The Balaban J connectivity index is 1.28. The first-order valence-electron chi connectivity index (χ1n) is 11.7. The minimum Gasteiger partial charge on any atom is -0.497 e. The molecule has 1 aliphatic rings. The van der Waals surface area contributed by atoms with E-state index in [-0.39, 0.29) is 0 Å². The molecule has 1 fully saturated rings. The van der Waals surface area contributed by atoms with E-state index in [1.54, 1.807) is 13.3 Å². The molecule has 1 aliphatic heterocycles. The first kappa shape index (κ1) is 23.8. The van der Waals surface area contributed by atoms with Crippen LogP contribution >= 0.6 is 11.6 Å². The smallest absolute Gasteiger partial charge is 0.233 e. The molecule has 0 unspecified atom stereocenters. The van der Waals surface area contributed by atoms with E-state index in [0.29, 0.717) is 49.2 Å². The Bertz CT molecular complexity index is 1320. The highest BCUT2D eigenvalue weighted by Crippen LogP contribution is 2.24. The van der Waals surface area contributed by atoms with Crippen molar-refractivity contribution >= 4 is 51.7 Å². The molecule has 10 nitrogen and oxygen atoms in total. The summed E-state index contributed by atoms with van der Waals surface area (Å²) in [6, 6.07) is 15.2.